The maximum absolute atomic E-state index is 13.2. The first kappa shape index (κ1) is 11.4. The van der Waals surface area contributed by atoms with Gasteiger partial charge >= 0.3 is 0 Å². The molecule has 0 radical (unpaired) electrons. The third kappa shape index (κ3) is 2.04. The summed E-state index contributed by atoms with van der Waals surface area (Å²) in [6.07, 6.45) is 3.04. The molecule has 1 aromatic rings. The molecule has 1 unspecified atom stereocenters. The minimum Gasteiger partial charge on any atom is -0.486 e. The van der Waals surface area contributed by atoms with Gasteiger partial charge in [0.15, 0.2) is 0 Å². The molecule has 0 saturated carbocycles. The smallest absolute Gasteiger partial charge is 0.125 e. The number of benzene rings is 1. The van der Waals surface area contributed by atoms with Crippen molar-refractivity contribution in [3.8, 4) is 5.75 Å². The zero-order valence-corrected chi connectivity index (χ0v) is 10.4. The Kier molecular flexibility index (Phi) is 2.79. The Morgan fingerprint density at radius 3 is 3.12 bits per heavy atom. The van der Waals surface area contributed by atoms with Crippen LogP contribution in [0.3, 0.4) is 0 Å². The minimum absolute atomic E-state index is 0.104. The van der Waals surface area contributed by atoms with Crippen LogP contribution in [0.1, 0.15) is 30.9 Å². The molecule has 0 aromatic heterocycles. The van der Waals surface area contributed by atoms with E-state index >= 15 is 0 Å². The standard InChI is InChI=1S/C13H16FNOS/c14-9-2-3-12-10(6-9)11(15)7-13(16-12)4-1-5-17-8-13/h2-3,6,11H,1,4-5,7-8,15H2/t11-,13?/m1/s1. The van der Waals surface area contributed by atoms with E-state index in [9.17, 15) is 4.39 Å². The molecule has 2 aliphatic rings. The van der Waals surface area contributed by atoms with Crippen molar-refractivity contribution in [2.24, 2.45) is 5.73 Å². The van der Waals surface area contributed by atoms with E-state index in [0.29, 0.717) is 0 Å². The predicted molar refractivity (Wildman–Crippen MR) is 67.9 cm³/mol. The van der Waals surface area contributed by atoms with Gasteiger partial charge in [-0.2, -0.15) is 11.8 Å². The predicted octanol–water partition coefficient (Wildman–Crippen LogP) is 2.87. The number of rotatable bonds is 0. The van der Waals surface area contributed by atoms with Crippen LogP contribution < -0.4 is 10.5 Å². The maximum Gasteiger partial charge on any atom is 0.125 e. The highest BCUT2D eigenvalue weighted by Gasteiger charge is 2.41. The van der Waals surface area contributed by atoms with Crippen LogP contribution in [-0.4, -0.2) is 17.1 Å². The van der Waals surface area contributed by atoms with Gasteiger partial charge in [-0.1, -0.05) is 0 Å². The second-order valence-electron chi connectivity index (χ2n) is 4.93. The lowest BCUT2D eigenvalue weighted by Crippen LogP contribution is -2.46. The normalized spacial score (nSPS) is 32.0. The van der Waals surface area contributed by atoms with Crippen molar-refractivity contribution in [2.45, 2.75) is 30.9 Å². The first-order chi connectivity index (χ1) is 8.19. The van der Waals surface area contributed by atoms with Crippen LogP contribution in [0.5, 0.6) is 5.75 Å². The van der Waals surface area contributed by atoms with Crippen LogP contribution >= 0.6 is 11.8 Å². The largest absolute Gasteiger partial charge is 0.486 e. The fourth-order valence-electron chi connectivity index (χ4n) is 2.76. The van der Waals surface area contributed by atoms with Gasteiger partial charge < -0.3 is 10.5 Å². The molecule has 0 bridgehead atoms. The SMILES string of the molecule is N[C@@H]1CC2(CCCSC2)Oc2ccc(F)cc21. The number of hydrogen-bond donors (Lipinski definition) is 1. The molecule has 2 heterocycles. The molecule has 1 spiro atoms. The van der Waals surface area contributed by atoms with Crippen molar-refractivity contribution in [1.29, 1.82) is 0 Å². The summed E-state index contributed by atoms with van der Waals surface area (Å²) < 4.78 is 19.3. The lowest BCUT2D eigenvalue weighted by Gasteiger charge is -2.43. The van der Waals surface area contributed by atoms with Gasteiger partial charge in [0, 0.05) is 23.8 Å². The molecule has 0 aliphatic carbocycles. The third-order valence-corrected chi connectivity index (χ3v) is 4.88. The van der Waals surface area contributed by atoms with E-state index < -0.39 is 0 Å². The van der Waals surface area contributed by atoms with E-state index in [0.717, 1.165) is 29.9 Å². The van der Waals surface area contributed by atoms with Crippen molar-refractivity contribution >= 4 is 11.8 Å². The molecule has 4 heteroatoms. The zero-order valence-electron chi connectivity index (χ0n) is 9.62. The molecular formula is C13H16FNOS. The summed E-state index contributed by atoms with van der Waals surface area (Å²) in [4.78, 5) is 0. The van der Waals surface area contributed by atoms with Crippen molar-refractivity contribution in [1.82, 2.24) is 0 Å². The van der Waals surface area contributed by atoms with Crippen LogP contribution in [0, 0.1) is 5.82 Å². The Morgan fingerprint density at radius 1 is 1.47 bits per heavy atom. The van der Waals surface area contributed by atoms with Crippen molar-refractivity contribution in [3.05, 3.63) is 29.6 Å². The summed E-state index contributed by atoms with van der Waals surface area (Å²) >= 11 is 1.93. The molecule has 2 N–H and O–H groups in total. The number of hydrogen-bond acceptors (Lipinski definition) is 3. The number of thioether (sulfide) groups is 1. The van der Waals surface area contributed by atoms with Gasteiger partial charge in [0.1, 0.15) is 17.2 Å². The number of nitrogens with two attached hydrogens (primary N) is 1. The van der Waals surface area contributed by atoms with Crippen LogP contribution in [0.25, 0.3) is 0 Å². The molecule has 1 aromatic carbocycles. The Bertz CT molecular complexity index is 431. The molecule has 1 saturated heterocycles. The number of fused-ring (bicyclic) bond motifs is 1. The molecule has 1 fully saturated rings. The molecule has 2 aliphatic heterocycles. The molecule has 0 amide bonds. The molecule has 92 valence electrons. The topological polar surface area (TPSA) is 35.2 Å². The maximum atomic E-state index is 13.2. The van der Waals surface area contributed by atoms with Gasteiger partial charge in [0.25, 0.3) is 0 Å². The lowest BCUT2D eigenvalue weighted by atomic mass is 9.85. The summed E-state index contributed by atoms with van der Waals surface area (Å²) in [5.74, 6) is 2.73. The minimum atomic E-state index is -0.239. The summed E-state index contributed by atoms with van der Waals surface area (Å²) in [5.41, 5.74) is 6.86. The van der Waals surface area contributed by atoms with E-state index in [1.54, 1.807) is 6.07 Å². The quantitative estimate of drug-likeness (QED) is 0.772. The van der Waals surface area contributed by atoms with Crippen LogP contribution in [0.15, 0.2) is 18.2 Å². The van der Waals surface area contributed by atoms with Crippen LogP contribution in [-0.2, 0) is 0 Å². The van der Waals surface area contributed by atoms with Crippen LogP contribution in [0.4, 0.5) is 4.39 Å². The first-order valence-corrected chi connectivity index (χ1v) is 7.16. The number of halogens is 1. The molecule has 2 atom stereocenters. The van der Waals surface area contributed by atoms with Crippen molar-refractivity contribution < 1.29 is 9.13 Å². The lowest BCUT2D eigenvalue weighted by molar-refractivity contribution is 0.0470. The Balaban J connectivity index is 1.94. The van der Waals surface area contributed by atoms with Crippen molar-refractivity contribution in [2.75, 3.05) is 11.5 Å². The van der Waals surface area contributed by atoms with Gasteiger partial charge in [0.2, 0.25) is 0 Å². The highest BCUT2D eigenvalue weighted by atomic mass is 32.2. The molecular weight excluding hydrogens is 237 g/mol. The molecule has 17 heavy (non-hydrogen) atoms. The monoisotopic (exact) mass is 253 g/mol. The van der Waals surface area contributed by atoms with Gasteiger partial charge in [-0.25, -0.2) is 4.39 Å². The Hall–Kier alpha value is -0.740. The van der Waals surface area contributed by atoms with E-state index in [-0.39, 0.29) is 17.5 Å². The average Bonchev–Trinajstić information content (AvgIpc) is 2.31. The van der Waals surface area contributed by atoms with Crippen molar-refractivity contribution in [3.63, 3.8) is 0 Å². The summed E-state index contributed by atoms with van der Waals surface area (Å²) in [5, 5.41) is 0. The van der Waals surface area contributed by atoms with E-state index in [2.05, 4.69) is 0 Å². The number of ether oxygens (including phenoxy) is 1. The fraction of sp³-hybridized carbons (Fsp3) is 0.538. The Morgan fingerprint density at radius 2 is 2.35 bits per heavy atom. The first-order valence-electron chi connectivity index (χ1n) is 6.00. The third-order valence-electron chi connectivity index (χ3n) is 3.58. The van der Waals surface area contributed by atoms with Gasteiger partial charge in [-0.15, -0.1) is 0 Å². The van der Waals surface area contributed by atoms with Gasteiger partial charge in [-0.3, -0.25) is 0 Å². The van der Waals surface area contributed by atoms with E-state index in [1.807, 2.05) is 11.8 Å². The second-order valence-corrected chi connectivity index (χ2v) is 6.04. The highest BCUT2D eigenvalue weighted by Crippen LogP contribution is 2.44. The summed E-state index contributed by atoms with van der Waals surface area (Å²) in [7, 11) is 0. The second kappa shape index (κ2) is 4.18. The zero-order chi connectivity index (χ0) is 11.9. The summed E-state index contributed by atoms with van der Waals surface area (Å²) in [6, 6.07) is 4.56. The van der Waals surface area contributed by atoms with E-state index in [4.69, 9.17) is 10.5 Å². The van der Waals surface area contributed by atoms with Gasteiger partial charge in [-0.05, 0) is 36.8 Å². The summed E-state index contributed by atoms with van der Waals surface area (Å²) in [6.45, 7) is 0. The van der Waals surface area contributed by atoms with E-state index in [1.165, 1.54) is 24.3 Å². The molecule has 3 rings (SSSR count). The highest BCUT2D eigenvalue weighted by molar-refractivity contribution is 7.99. The molecule has 2 nitrogen and oxygen atoms in total. The Labute approximate surface area is 105 Å². The average molecular weight is 253 g/mol. The van der Waals surface area contributed by atoms with Crippen LogP contribution in [0.2, 0.25) is 0 Å². The van der Waals surface area contributed by atoms with Gasteiger partial charge in [0.05, 0.1) is 0 Å². The fourth-order valence-corrected chi connectivity index (χ4v) is 3.94.